The number of aliphatic imine (C=N–C) groups is 1. The van der Waals surface area contributed by atoms with E-state index in [2.05, 4.69) is 10.3 Å². The average Bonchev–Trinajstić information content (AvgIpc) is 2.93. The summed E-state index contributed by atoms with van der Waals surface area (Å²) in [6, 6.07) is 10.9. The molecule has 28 heavy (non-hydrogen) atoms. The van der Waals surface area contributed by atoms with Crippen LogP contribution in [0.1, 0.15) is 17.5 Å². The first kappa shape index (κ1) is 17.9. The molecule has 2 aliphatic heterocycles. The molecule has 2 heterocycles. The van der Waals surface area contributed by atoms with Gasteiger partial charge in [0.2, 0.25) is 0 Å². The van der Waals surface area contributed by atoms with Crippen LogP contribution in [0.15, 0.2) is 47.1 Å². The second-order valence-electron chi connectivity index (χ2n) is 6.27. The Morgan fingerprint density at radius 2 is 1.79 bits per heavy atom. The second kappa shape index (κ2) is 7.64. The van der Waals surface area contributed by atoms with E-state index in [1.807, 2.05) is 24.3 Å². The van der Waals surface area contributed by atoms with Crippen LogP contribution in [0.3, 0.4) is 0 Å². The zero-order valence-electron chi connectivity index (χ0n) is 15.7. The SMILES string of the molecule is COc1ccc(C2=N/C(=C/c3ccc4c(c3)OCCCO4)C(=O)N2)cc1OC. The zero-order chi connectivity index (χ0) is 19.5. The lowest BCUT2D eigenvalue weighted by atomic mass is 10.1. The van der Waals surface area contributed by atoms with Crippen molar-refractivity contribution in [2.45, 2.75) is 6.42 Å². The molecule has 144 valence electrons. The smallest absolute Gasteiger partial charge is 0.275 e. The molecule has 2 aliphatic rings. The van der Waals surface area contributed by atoms with Gasteiger partial charge in [0.1, 0.15) is 11.5 Å². The lowest BCUT2D eigenvalue weighted by Crippen LogP contribution is -2.24. The molecule has 0 unspecified atom stereocenters. The van der Waals surface area contributed by atoms with Crippen LogP contribution >= 0.6 is 0 Å². The van der Waals surface area contributed by atoms with Crippen molar-refractivity contribution in [3.63, 3.8) is 0 Å². The normalized spacial score (nSPS) is 17.0. The second-order valence-corrected chi connectivity index (χ2v) is 6.27. The highest BCUT2D eigenvalue weighted by Gasteiger charge is 2.22. The van der Waals surface area contributed by atoms with Crippen LogP contribution in [0.4, 0.5) is 0 Å². The monoisotopic (exact) mass is 380 g/mol. The first-order chi connectivity index (χ1) is 13.7. The zero-order valence-corrected chi connectivity index (χ0v) is 15.7. The molecule has 1 N–H and O–H groups in total. The minimum atomic E-state index is -0.267. The van der Waals surface area contributed by atoms with Gasteiger partial charge in [-0.05, 0) is 42.0 Å². The van der Waals surface area contributed by atoms with Gasteiger partial charge in [0.15, 0.2) is 23.0 Å². The van der Waals surface area contributed by atoms with Gasteiger partial charge < -0.3 is 24.3 Å². The first-order valence-corrected chi connectivity index (χ1v) is 8.92. The number of carbonyl (C=O) groups excluding carboxylic acids is 1. The van der Waals surface area contributed by atoms with E-state index in [-0.39, 0.29) is 5.91 Å². The predicted molar refractivity (Wildman–Crippen MR) is 104 cm³/mol. The number of fused-ring (bicyclic) bond motifs is 1. The predicted octanol–water partition coefficient (Wildman–Crippen LogP) is 2.78. The molecule has 0 radical (unpaired) electrons. The summed E-state index contributed by atoms with van der Waals surface area (Å²) < 4.78 is 21.9. The molecule has 4 rings (SSSR count). The lowest BCUT2D eigenvalue weighted by Gasteiger charge is -2.09. The lowest BCUT2D eigenvalue weighted by molar-refractivity contribution is -0.115. The molecular weight excluding hydrogens is 360 g/mol. The number of hydrogen-bond donors (Lipinski definition) is 1. The van der Waals surface area contributed by atoms with Gasteiger partial charge in [-0.25, -0.2) is 4.99 Å². The molecule has 7 nitrogen and oxygen atoms in total. The summed E-state index contributed by atoms with van der Waals surface area (Å²) in [7, 11) is 3.13. The van der Waals surface area contributed by atoms with E-state index in [1.54, 1.807) is 32.4 Å². The Kier molecular flexibility index (Phi) is 4.89. The molecule has 2 aromatic carbocycles. The van der Waals surface area contributed by atoms with Crippen molar-refractivity contribution in [3.8, 4) is 23.0 Å². The molecule has 0 fully saturated rings. The van der Waals surface area contributed by atoms with Gasteiger partial charge >= 0.3 is 0 Å². The van der Waals surface area contributed by atoms with E-state index in [1.165, 1.54) is 0 Å². The number of amides is 1. The number of methoxy groups -OCH3 is 2. The summed E-state index contributed by atoms with van der Waals surface area (Å²) in [4.78, 5) is 16.8. The molecule has 0 atom stereocenters. The third kappa shape index (κ3) is 3.51. The van der Waals surface area contributed by atoms with Crippen molar-refractivity contribution >= 4 is 17.8 Å². The summed E-state index contributed by atoms with van der Waals surface area (Å²) >= 11 is 0. The van der Waals surface area contributed by atoms with Gasteiger partial charge in [0.05, 0.1) is 27.4 Å². The Bertz CT molecular complexity index is 981. The molecule has 0 saturated heterocycles. The first-order valence-electron chi connectivity index (χ1n) is 8.92. The van der Waals surface area contributed by atoms with E-state index < -0.39 is 0 Å². The Hall–Kier alpha value is -3.48. The summed E-state index contributed by atoms with van der Waals surface area (Å²) in [5, 5.41) is 2.79. The van der Waals surface area contributed by atoms with Crippen molar-refractivity contribution in [1.29, 1.82) is 0 Å². The molecule has 0 aromatic heterocycles. The number of rotatable bonds is 4. The summed E-state index contributed by atoms with van der Waals surface area (Å²) in [5.74, 6) is 2.76. The Balaban J connectivity index is 1.63. The van der Waals surface area contributed by atoms with Gasteiger partial charge in [-0.1, -0.05) is 6.07 Å². The van der Waals surface area contributed by atoms with Crippen molar-refractivity contribution < 1.29 is 23.7 Å². The maximum atomic E-state index is 12.4. The minimum absolute atomic E-state index is 0.267. The standard InChI is InChI=1S/C21H20N2O5/c1-25-16-7-5-14(12-18(16)26-2)20-22-15(21(24)23-20)10-13-4-6-17-19(11-13)28-9-3-8-27-17/h4-7,10-12H,3,8-9H2,1-2H3,(H,22,23,24)/b15-10+. The number of nitrogens with zero attached hydrogens (tertiary/aromatic N) is 1. The minimum Gasteiger partial charge on any atom is -0.493 e. The topological polar surface area (TPSA) is 78.4 Å². The highest BCUT2D eigenvalue weighted by molar-refractivity contribution is 6.19. The van der Waals surface area contributed by atoms with Crippen molar-refractivity contribution in [2.75, 3.05) is 27.4 Å². The van der Waals surface area contributed by atoms with E-state index in [0.717, 1.165) is 17.5 Å². The van der Waals surface area contributed by atoms with Gasteiger partial charge in [0.25, 0.3) is 5.91 Å². The molecular formula is C21H20N2O5. The van der Waals surface area contributed by atoms with Gasteiger partial charge in [-0.15, -0.1) is 0 Å². The van der Waals surface area contributed by atoms with Crippen LogP contribution in [-0.2, 0) is 4.79 Å². The van der Waals surface area contributed by atoms with E-state index in [9.17, 15) is 4.79 Å². The Labute approximate surface area is 162 Å². The largest absolute Gasteiger partial charge is 0.493 e. The highest BCUT2D eigenvalue weighted by Crippen LogP contribution is 2.32. The number of amidine groups is 1. The van der Waals surface area contributed by atoms with Crippen LogP contribution in [0.2, 0.25) is 0 Å². The number of nitrogens with one attached hydrogen (secondary N) is 1. The Morgan fingerprint density at radius 3 is 2.57 bits per heavy atom. The molecule has 0 bridgehead atoms. The van der Waals surface area contributed by atoms with Crippen LogP contribution in [-0.4, -0.2) is 39.2 Å². The maximum Gasteiger partial charge on any atom is 0.275 e. The number of benzene rings is 2. The third-order valence-corrected chi connectivity index (χ3v) is 4.43. The van der Waals surface area contributed by atoms with Crippen molar-refractivity contribution in [3.05, 3.63) is 53.2 Å². The fraction of sp³-hybridized carbons (Fsp3) is 0.238. The van der Waals surface area contributed by atoms with Crippen LogP contribution in [0.5, 0.6) is 23.0 Å². The van der Waals surface area contributed by atoms with Crippen molar-refractivity contribution in [2.24, 2.45) is 4.99 Å². The van der Waals surface area contributed by atoms with Crippen LogP contribution in [0.25, 0.3) is 6.08 Å². The van der Waals surface area contributed by atoms with Gasteiger partial charge in [0, 0.05) is 12.0 Å². The van der Waals surface area contributed by atoms with Crippen LogP contribution in [0, 0.1) is 0 Å². The maximum absolute atomic E-state index is 12.4. The highest BCUT2D eigenvalue weighted by atomic mass is 16.5. The number of carbonyl (C=O) groups is 1. The van der Waals surface area contributed by atoms with E-state index >= 15 is 0 Å². The van der Waals surface area contributed by atoms with Crippen LogP contribution < -0.4 is 24.3 Å². The molecule has 0 aliphatic carbocycles. The van der Waals surface area contributed by atoms with E-state index in [4.69, 9.17) is 18.9 Å². The summed E-state index contributed by atoms with van der Waals surface area (Å²) in [6.07, 6.45) is 2.56. The number of ether oxygens (including phenoxy) is 4. The fourth-order valence-corrected chi connectivity index (χ4v) is 3.02. The molecule has 2 aromatic rings. The summed E-state index contributed by atoms with van der Waals surface area (Å²) in [5.41, 5.74) is 1.86. The van der Waals surface area contributed by atoms with Crippen molar-refractivity contribution in [1.82, 2.24) is 5.32 Å². The number of hydrogen-bond acceptors (Lipinski definition) is 6. The van der Waals surface area contributed by atoms with Gasteiger partial charge in [-0.2, -0.15) is 0 Å². The molecule has 7 heteroatoms. The van der Waals surface area contributed by atoms with E-state index in [0.29, 0.717) is 47.7 Å². The summed E-state index contributed by atoms with van der Waals surface area (Å²) in [6.45, 7) is 1.24. The van der Waals surface area contributed by atoms with Gasteiger partial charge in [-0.3, -0.25) is 4.79 Å². The quantitative estimate of drug-likeness (QED) is 0.826. The third-order valence-electron chi connectivity index (χ3n) is 4.43. The molecule has 0 saturated carbocycles. The molecule has 0 spiro atoms. The Morgan fingerprint density at radius 1 is 1.00 bits per heavy atom. The molecule has 1 amide bonds. The average molecular weight is 380 g/mol. The fourth-order valence-electron chi connectivity index (χ4n) is 3.02.